The maximum atomic E-state index is 13.0. The van der Waals surface area contributed by atoms with Gasteiger partial charge in [0.05, 0.1) is 13.2 Å². The summed E-state index contributed by atoms with van der Waals surface area (Å²) < 4.78 is 11.3. The van der Waals surface area contributed by atoms with Crippen molar-refractivity contribution in [1.82, 2.24) is 15.8 Å². The second-order valence-electron chi connectivity index (χ2n) is 7.90. The molecular weight excluding hydrogens is 382 g/mol. The highest BCUT2D eigenvalue weighted by molar-refractivity contribution is 6.00. The van der Waals surface area contributed by atoms with Crippen molar-refractivity contribution in [3.8, 4) is 11.6 Å². The van der Waals surface area contributed by atoms with Crippen LogP contribution in [0.4, 0.5) is 11.5 Å². The van der Waals surface area contributed by atoms with Crippen molar-refractivity contribution in [2.45, 2.75) is 38.3 Å². The molecule has 8 nitrogen and oxygen atoms in total. The largest absolute Gasteiger partial charge is 0.491 e. The second-order valence-corrected chi connectivity index (χ2v) is 7.90. The fourth-order valence-electron chi connectivity index (χ4n) is 3.92. The smallest absolute Gasteiger partial charge is 0.250 e. The molecule has 1 amide bonds. The quantitative estimate of drug-likeness (QED) is 0.644. The lowest BCUT2D eigenvalue weighted by Crippen LogP contribution is -2.34. The third-order valence-corrected chi connectivity index (χ3v) is 5.36. The Morgan fingerprint density at radius 2 is 2.00 bits per heavy atom. The minimum Gasteiger partial charge on any atom is -0.491 e. The molecule has 0 radical (unpaired) electrons. The van der Waals surface area contributed by atoms with Crippen molar-refractivity contribution in [3.05, 3.63) is 42.0 Å². The Bertz CT molecular complexity index is 898. The third kappa shape index (κ3) is 4.34. The van der Waals surface area contributed by atoms with Gasteiger partial charge in [-0.05, 0) is 44.5 Å². The number of hydrogen-bond donors (Lipinski definition) is 3. The molecule has 0 spiro atoms. The van der Waals surface area contributed by atoms with Gasteiger partial charge in [0.25, 0.3) is 5.91 Å². The molecule has 3 N–H and O–H groups in total. The number of pyridine rings is 1. The first-order chi connectivity index (χ1) is 14.5. The Kier molecular flexibility index (Phi) is 6.06. The number of carbonyl (C=O) groups is 1. The van der Waals surface area contributed by atoms with Gasteiger partial charge >= 0.3 is 0 Å². The van der Waals surface area contributed by atoms with Gasteiger partial charge in [-0.2, -0.15) is 4.98 Å². The van der Waals surface area contributed by atoms with E-state index >= 15 is 0 Å². The summed E-state index contributed by atoms with van der Waals surface area (Å²) in [7, 11) is 1.62. The molecule has 0 aliphatic carbocycles. The lowest BCUT2D eigenvalue weighted by molar-refractivity contribution is -0.117. The molecule has 1 atom stereocenters. The van der Waals surface area contributed by atoms with Gasteiger partial charge in [-0.1, -0.05) is 6.07 Å². The van der Waals surface area contributed by atoms with Crippen molar-refractivity contribution in [2.24, 2.45) is 0 Å². The average molecular weight is 412 g/mol. The number of benzene rings is 1. The Labute approximate surface area is 176 Å². The molecule has 2 fully saturated rings. The number of amides is 1. The maximum absolute atomic E-state index is 13.0. The van der Waals surface area contributed by atoms with E-state index in [9.17, 15) is 4.79 Å². The summed E-state index contributed by atoms with van der Waals surface area (Å²) in [6.45, 7) is 6.24. The third-order valence-electron chi connectivity index (χ3n) is 5.36. The van der Waals surface area contributed by atoms with Crippen molar-refractivity contribution < 1.29 is 14.3 Å². The molecule has 30 heavy (non-hydrogen) atoms. The normalized spacial score (nSPS) is 19.5. The number of hydrogen-bond acceptors (Lipinski definition) is 7. The van der Waals surface area contributed by atoms with E-state index < -0.39 is 0 Å². The van der Waals surface area contributed by atoms with E-state index in [1.165, 1.54) is 0 Å². The van der Waals surface area contributed by atoms with Gasteiger partial charge in [-0.3, -0.25) is 20.5 Å². The van der Waals surface area contributed by atoms with Gasteiger partial charge in [0.2, 0.25) is 5.88 Å². The molecule has 4 rings (SSSR count). The average Bonchev–Trinajstić information content (AvgIpc) is 3.38. The molecule has 0 bridgehead atoms. The number of nitrogens with one attached hydrogen (secondary N) is 3. The number of ether oxygens (including phenoxy) is 2. The summed E-state index contributed by atoms with van der Waals surface area (Å²) in [5.41, 5.74) is 8.17. The van der Waals surface area contributed by atoms with Gasteiger partial charge in [-0.25, -0.2) is 0 Å². The summed E-state index contributed by atoms with van der Waals surface area (Å²) >= 11 is 0. The molecule has 1 aromatic heterocycles. The summed E-state index contributed by atoms with van der Waals surface area (Å²) in [6, 6.07) is 11.3. The van der Waals surface area contributed by atoms with Crippen LogP contribution in [0.15, 0.2) is 36.4 Å². The zero-order valence-electron chi connectivity index (χ0n) is 17.6. The molecule has 3 heterocycles. The van der Waals surface area contributed by atoms with Crippen molar-refractivity contribution in [3.63, 3.8) is 0 Å². The topological polar surface area (TPSA) is 87.8 Å². The predicted octanol–water partition coefficient (Wildman–Crippen LogP) is 2.29. The minimum absolute atomic E-state index is 0.0108. The van der Waals surface area contributed by atoms with E-state index in [1.807, 2.05) is 50.2 Å². The fraction of sp³-hybridized carbons (Fsp3) is 0.455. The Hall–Kier alpha value is -2.84. The molecule has 2 aliphatic heterocycles. The number of carbonyl (C=O) groups excluding carboxylic acids is 1. The van der Waals surface area contributed by atoms with E-state index in [2.05, 4.69) is 21.2 Å². The molecular formula is C22H29N5O3. The molecule has 1 aromatic carbocycles. The van der Waals surface area contributed by atoms with Gasteiger partial charge < -0.3 is 14.8 Å². The highest BCUT2D eigenvalue weighted by Gasteiger charge is 2.34. The Balaban J connectivity index is 1.47. The van der Waals surface area contributed by atoms with Gasteiger partial charge in [0.1, 0.15) is 17.6 Å². The SMILES string of the molecule is COc1nc(N2CCC(Nc3cccc(OC(C)C)c3)C2=O)ccc1C1CNNC1. The number of anilines is 2. The van der Waals surface area contributed by atoms with Crippen LogP contribution in [-0.2, 0) is 4.79 Å². The van der Waals surface area contributed by atoms with Crippen LogP contribution in [0, 0.1) is 0 Å². The molecule has 2 saturated heterocycles. The van der Waals surface area contributed by atoms with Crippen molar-refractivity contribution in [2.75, 3.05) is 37.0 Å². The monoisotopic (exact) mass is 411 g/mol. The van der Waals surface area contributed by atoms with E-state index in [1.54, 1.807) is 12.0 Å². The molecule has 2 aliphatic rings. The van der Waals surface area contributed by atoms with E-state index in [0.717, 1.165) is 30.1 Å². The second kappa shape index (κ2) is 8.89. The van der Waals surface area contributed by atoms with Gasteiger partial charge in [0, 0.05) is 42.9 Å². The minimum atomic E-state index is -0.296. The first-order valence-corrected chi connectivity index (χ1v) is 10.4. The predicted molar refractivity (Wildman–Crippen MR) is 116 cm³/mol. The molecule has 2 aromatic rings. The summed E-state index contributed by atoms with van der Waals surface area (Å²) in [6.07, 6.45) is 0.805. The number of rotatable bonds is 7. The highest BCUT2D eigenvalue weighted by atomic mass is 16.5. The van der Waals surface area contributed by atoms with Crippen LogP contribution in [-0.4, -0.2) is 49.8 Å². The van der Waals surface area contributed by atoms with Crippen molar-refractivity contribution >= 4 is 17.4 Å². The number of nitrogens with zero attached hydrogens (tertiary/aromatic N) is 2. The Morgan fingerprint density at radius 3 is 2.73 bits per heavy atom. The molecule has 160 valence electrons. The maximum Gasteiger partial charge on any atom is 0.250 e. The number of aromatic nitrogens is 1. The standard InChI is InChI=1S/C22H29N5O3/c1-14(2)30-17-6-4-5-16(11-17)25-19-9-10-27(22(19)28)20-8-7-18(21(26-20)29-3)15-12-23-24-13-15/h4-8,11,14-15,19,23-25H,9-10,12-13H2,1-3H3. The van der Waals surface area contributed by atoms with Crippen LogP contribution in [0.1, 0.15) is 31.7 Å². The van der Waals surface area contributed by atoms with E-state index in [-0.39, 0.29) is 18.1 Å². The van der Waals surface area contributed by atoms with Crippen LogP contribution in [0.3, 0.4) is 0 Å². The molecule has 1 unspecified atom stereocenters. The first-order valence-electron chi connectivity index (χ1n) is 10.4. The van der Waals surface area contributed by atoms with Crippen LogP contribution < -0.4 is 30.5 Å². The van der Waals surface area contributed by atoms with Crippen LogP contribution >= 0.6 is 0 Å². The number of hydrazine groups is 1. The van der Waals surface area contributed by atoms with Crippen LogP contribution in [0.25, 0.3) is 0 Å². The van der Waals surface area contributed by atoms with E-state index in [0.29, 0.717) is 30.6 Å². The fourth-order valence-corrected chi connectivity index (χ4v) is 3.92. The summed E-state index contributed by atoms with van der Waals surface area (Å²) in [5.74, 6) is 2.30. The lowest BCUT2D eigenvalue weighted by atomic mass is 10.0. The zero-order chi connectivity index (χ0) is 21.1. The zero-order valence-corrected chi connectivity index (χ0v) is 17.6. The highest BCUT2D eigenvalue weighted by Crippen LogP contribution is 2.30. The summed E-state index contributed by atoms with van der Waals surface area (Å²) in [5, 5.41) is 3.34. The van der Waals surface area contributed by atoms with E-state index in [4.69, 9.17) is 9.47 Å². The molecule has 8 heteroatoms. The Morgan fingerprint density at radius 1 is 1.20 bits per heavy atom. The number of methoxy groups -OCH3 is 1. The first kappa shape index (κ1) is 20.4. The van der Waals surface area contributed by atoms with Crippen LogP contribution in [0.2, 0.25) is 0 Å². The lowest BCUT2D eigenvalue weighted by Gasteiger charge is -2.20. The van der Waals surface area contributed by atoms with Crippen molar-refractivity contribution in [1.29, 1.82) is 0 Å². The van der Waals surface area contributed by atoms with Gasteiger partial charge in [0.15, 0.2) is 0 Å². The van der Waals surface area contributed by atoms with Crippen LogP contribution in [0.5, 0.6) is 11.6 Å². The summed E-state index contributed by atoms with van der Waals surface area (Å²) in [4.78, 5) is 19.4. The molecule has 0 saturated carbocycles. The van der Waals surface area contributed by atoms with Gasteiger partial charge in [-0.15, -0.1) is 0 Å².